The van der Waals surface area contributed by atoms with Crippen LogP contribution in [-0.4, -0.2) is 28.3 Å². The molecule has 0 bridgehead atoms. The molecule has 0 saturated carbocycles. The molecule has 0 aliphatic rings. The largest absolute Gasteiger partial charge is 0.357 e. The van der Waals surface area contributed by atoms with E-state index in [4.69, 9.17) is 4.52 Å². The number of hydrogen-bond donors (Lipinski definition) is 0. The predicted octanol–water partition coefficient (Wildman–Crippen LogP) is 5.34. The minimum Gasteiger partial charge on any atom is -0.357 e. The number of nitrogens with zero attached hydrogens (tertiary/aromatic N) is 2. The van der Waals surface area contributed by atoms with E-state index in [1.165, 1.54) is 22.2 Å². The van der Waals surface area contributed by atoms with Crippen LogP contribution in [0.2, 0.25) is 0 Å². The molecule has 1 aromatic carbocycles. The number of hydrogen-bond acceptors (Lipinski definition) is 2. The summed E-state index contributed by atoms with van der Waals surface area (Å²) >= 11 is 0. The van der Waals surface area contributed by atoms with E-state index in [-0.39, 0.29) is 5.60 Å². The van der Waals surface area contributed by atoms with Crippen LogP contribution in [0.4, 0.5) is 0 Å². The van der Waals surface area contributed by atoms with E-state index in [9.17, 15) is 0 Å². The lowest BCUT2D eigenvalue weighted by Gasteiger charge is -2.25. The number of pyridine rings is 1. The Labute approximate surface area is 147 Å². The Bertz CT molecular complexity index is 828. The zero-order valence-electron chi connectivity index (χ0n) is 14.6. The SMILES string of the molecule is CPOC(C)(C)Cc1c(-c2ccccc2)n(PC)c2ncccc12. The number of aromatic nitrogens is 2. The average Bonchev–Trinajstić information content (AvgIpc) is 2.89. The highest BCUT2D eigenvalue weighted by Gasteiger charge is 2.26. The molecular weight excluding hydrogens is 334 g/mol. The van der Waals surface area contributed by atoms with E-state index in [1.807, 2.05) is 12.3 Å². The van der Waals surface area contributed by atoms with Crippen molar-refractivity contribution in [2.75, 3.05) is 13.3 Å². The molecule has 5 heteroatoms. The first kappa shape index (κ1) is 17.5. The van der Waals surface area contributed by atoms with E-state index in [0.717, 1.165) is 12.1 Å². The molecule has 0 spiro atoms. The smallest absolute Gasteiger partial charge is 0.143 e. The molecule has 0 fully saturated rings. The van der Waals surface area contributed by atoms with E-state index in [0.29, 0.717) is 17.5 Å². The van der Waals surface area contributed by atoms with Crippen molar-refractivity contribution < 1.29 is 4.52 Å². The second kappa shape index (κ2) is 7.31. The lowest BCUT2D eigenvalue weighted by atomic mass is 9.94. The first-order valence-electron chi connectivity index (χ1n) is 8.13. The molecule has 3 rings (SSSR count). The van der Waals surface area contributed by atoms with Gasteiger partial charge in [-0.25, -0.2) is 4.98 Å². The van der Waals surface area contributed by atoms with Crippen LogP contribution in [0.3, 0.4) is 0 Å². The summed E-state index contributed by atoms with van der Waals surface area (Å²) in [6, 6.07) is 14.8. The van der Waals surface area contributed by atoms with E-state index < -0.39 is 0 Å². The number of benzene rings is 1. The lowest BCUT2D eigenvalue weighted by Crippen LogP contribution is -2.24. The van der Waals surface area contributed by atoms with Crippen molar-refractivity contribution in [3.8, 4) is 11.3 Å². The van der Waals surface area contributed by atoms with Crippen molar-refractivity contribution in [2.45, 2.75) is 25.9 Å². The van der Waals surface area contributed by atoms with Gasteiger partial charge in [-0.2, -0.15) is 0 Å². The molecule has 2 atom stereocenters. The zero-order valence-corrected chi connectivity index (χ0v) is 16.6. The van der Waals surface area contributed by atoms with Gasteiger partial charge in [0.05, 0.1) is 11.3 Å². The Hall–Kier alpha value is -1.27. The van der Waals surface area contributed by atoms with Gasteiger partial charge in [-0.3, -0.25) is 0 Å². The molecule has 24 heavy (non-hydrogen) atoms. The highest BCUT2D eigenvalue weighted by molar-refractivity contribution is 7.35. The molecule has 0 N–H and O–H groups in total. The standard InChI is InChI=1S/C19H24N2OP2/c1-19(2,22-24-4)13-16-15-11-8-12-20-18(15)21(23-3)17(16)14-9-6-5-7-10-14/h5-12,23-24H,13H2,1-4H3. The molecule has 2 heterocycles. The molecule has 126 valence electrons. The van der Waals surface area contributed by atoms with Crippen LogP contribution in [0, 0.1) is 0 Å². The Morgan fingerprint density at radius 1 is 1.08 bits per heavy atom. The average molecular weight is 358 g/mol. The van der Waals surface area contributed by atoms with Gasteiger partial charge >= 0.3 is 0 Å². The van der Waals surface area contributed by atoms with Crippen LogP contribution >= 0.6 is 17.5 Å². The summed E-state index contributed by atoms with van der Waals surface area (Å²) in [7, 11) is 1.12. The van der Waals surface area contributed by atoms with Crippen LogP contribution in [0.25, 0.3) is 22.3 Å². The Morgan fingerprint density at radius 3 is 2.50 bits per heavy atom. The third kappa shape index (κ3) is 3.40. The van der Waals surface area contributed by atoms with Gasteiger partial charge in [0.1, 0.15) is 5.65 Å². The number of fused-ring (bicyclic) bond motifs is 1. The minimum atomic E-state index is -0.192. The van der Waals surface area contributed by atoms with Crippen molar-refractivity contribution in [1.82, 2.24) is 9.32 Å². The van der Waals surface area contributed by atoms with E-state index in [2.05, 4.69) is 72.9 Å². The van der Waals surface area contributed by atoms with E-state index in [1.54, 1.807) is 0 Å². The summed E-state index contributed by atoms with van der Waals surface area (Å²) in [6.45, 7) is 8.63. The third-order valence-electron chi connectivity index (χ3n) is 4.08. The zero-order chi connectivity index (χ0) is 17.2. The summed E-state index contributed by atoms with van der Waals surface area (Å²) in [5.74, 6) is 0. The first-order chi connectivity index (χ1) is 11.6. The topological polar surface area (TPSA) is 27.1 Å². The fraction of sp³-hybridized carbons (Fsp3) is 0.316. The minimum absolute atomic E-state index is 0.192. The van der Waals surface area contributed by atoms with Gasteiger partial charge in [-0.15, -0.1) is 0 Å². The molecule has 0 radical (unpaired) electrons. The van der Waals surface area contributed by atoms with Gasteiger partial charge in [0.2, 0.25) is 0 Å². The molecule has 2 aromatic heterocycles. The monoisotopic (exact) mass is 358 g/mol. The molecule has 2 unspecified atom stereocenters. The molecule has 0 aliphatic carbocycles. The second-order valence-corrected chi connectivity index (χ2v) is 7.88. The first-order valence-corrected chi connectivity index (χ1v) is 11.0. The summed E-state index contributed by atoms with van der Waals surface area (Å²) < 4.78 is 8.37. The quantitative estimate of drug-likeness (QED) is 0.557. The molecule has 0 aliphatic heterocycles. The van der Waals surface area contributed by atoms with Crippen LogP contribution in [0.1, 0.15) is 19.4 Å². The summed E-state index contributed by atoms with van der Waals surface area (Å²) in [4.78, 5) is 4.67. The van der Waals surface area contributed by atoms with Gasteiger partial charge in [-0.1, -0.05) is 30.3 Å². The van der Waals surface area contributed by atoms with Crippen LogP contribution in [0.5, 0.6) is 0 Å². The summed E-state index contributed by atoms with van der Waals surface area (Å²) in [5, 5.41) is 1.24. The maximum Gasteiger partial charge on any atom is 0.143 e. The summed E-state index contributed by atoms with van der Waals surface area (Å²) in [5.41, 5.74) is 4.74. The lowest BCUT2D eigenvalue weighted by molar-refractivity contribution is 0.135. The Kier molecular flexibility index (Phi) is 5.35. The van der Waals surface area contributed by atoms with Crippen molar-refractivity contribution >= 4 is 28.6 Å². The van der Waals surface area contributed by atoms with Crippen molar-refractivity contribution in [3.05, 3.63) is 54.2 Å². The molecule has 3 nitrogen and oxygen atoms in total. The fourth-order valence-electron chi connectivity index (χ4n) is 3.21. The van der Waals surface area contributed by atoms with Crippen molar-refractivity contribution in [1.29, 1.82) is 0 Å². The normalized spacial score (nSPS) is 13.0. The van der Waals surface area contributed by atoms with Crippen LogP contribution in [-0.2, 0) is 10.9 Å². The predicted molar refractivity (Wildman–Crippen MR) is 108 cm³/mol. The molecule has 0 saturated heterocycles. The molecule has 3 aromatic rings. The molecular formula is C19H24N2OP2. The molecule has 0 amide bonds. The summed E-state index contributed by atoms with van der Waals surface area (Å²) in [6.07, 6.45) is 2.75. The van der Waals surface area contributed by atoms with Crippen molar-refractivity contribution in [3.63, 3.8) is 0 Å². The maximum absolute atomic E-state index is 6.02. The van der Waals surface area contributed by atoms with Gasteiger partial charge in [0.25, 0.3) is 0 Å². The number of rotatable bonds is 6. The highest BCUT2D eigenvalue weighted by Crippen LogP contribution is 2.39. The van der Waals surface area contributed by atoms with Gasteiger partial charge in [-0.05, 0) is 59.2 Å². The second-order valence-electron chi connectivity index (χ2n) is 6.37. The third-order valence-corrected chi connectivity index (χ3v) is 5.72. The van der Waals surface area contributed by atoms with Crippen LogP contribution in [0.15, 0.2) is 48.7 Å². The van der Waals surface area contributed by atoms with Gasteiger partial charge < -0.3 is 8.86 Å². The Balaban J connectivity index is 2.25. The highest BCUT2D eigenvalue weighted by atomic mass is 31.1. The maximum atomic E-state index is 6.02. The van der Waals surface area contributed by atoms with Crippen molar-refractivity contribution in [2.24, 2.45) is 0 Å². The van der Waals surface area contributed by atoms with Gasteiger partial charge in [0.15, 0.2) is 0 Å². The van der Waals surface area contributed by atoms with Crippen LogP contribution < -0.4 is 0 Å². The van der Waals surface area contributed by atoms with Gasteiger partial charge in [0, 0.05) is 26.8 Å². The fourth-order valence-corrected chi connectivity index (χ4v) is 4.72. The Morgan fingerprint density at radius 2 is 1.83 bits per heavy atom. The van der Waals surface area contributed by atoms with E-state index >= 15 is 0 Å².